The van der Waals surface area contributed by atoms with Gasteiger partial charge >= 0.3 is 0 Å². The molecule has 0 saturated carbocycles. The molecule has 0 radical (unpaired) electrons. The maximum Gasteiger partial charge on any atom is 0.222 e. The second-order valence-corrected chi connectivity index (χ2v) is 9.65. The summed E-state index contributed by atoms with van der Waals surface area (Å²) in [6.07, 6.45) is 2.71. The van der Waals surface area contributed by atoms with Gasteiger partial charge in [-0.3, -0.25) is 9.59 Å². The Hall–Kier alpha value is -2.90. The highest BCUT2D eigenvalue weighted by atomic mass is 16.5. The van der Waals surface area contributed by atoms with Crippen molar-refractivity contribution in [3.63, 3.8) is 0 Å². The lowest BCUT2D eigenvalue weighted by Crippen LogP contribution is -2.48. The Morgan fingerprint density at radius 3 is 2.35 bits per heavy atom. The number of amides is 2. The molecule has 7 heteroatoms. The molecule has 0 saturated heterocycles. The first kappa shape index (κ1) is 30.3. The van der Waals surface area contributed by atoms with E-state index in [2.05, 4.69) is 24.5 Å². The third-order valence-corrected chi connectivity index (χ3v) is 6.34. The lowest BCUT2D eigenvalue weighted by atomic mass is 9.99. The van der Waals surface area contributed by atoms with Gasteiger partial charge in [-0.2, -0.15) is 0 Å². The second-order valence-electron chi connectivity index (χ2n) is 9.65. The van der Waals surface area contributed by atoms with Gasteiger partial charge in [0.1, 0.15) is 5.75 Å². The fraction of sp³-hybridized carbons (Fsp3) is 0.533. The standard InChI is InChI=1S/C30H45N3O4/c1-5-17-33(18-6-2)30(36)12-8-11-29(35)32-27(20-24-15-13-23(3)14-16-24)28(34)22-31-21-25-9-7-10-26(19-25)37-4/h7,9-10,13-16,19,27-28,31,34H,5-6,8,11-12,17-18,20-22H2,1-4H3,(H,32,35)/t27-,28+/m0/s1. The lowest BCUT2D eigenvalue weighted by Gasteiger charge is -2.25. The SMILES string of the molecule is CCCN(CCC)C(=O)CCCC(=O)N[C@@H](Cc1ccc(C)cc1)[C@H](O)CNCc1cccc(OC)c1. The first-order chi connectivity index (χ1) is 17.9. The summed E-state index contributed by atoms with van der Waals surface area (Å²) in [6, 6.07) is 15.5. The van der Waals surface area contributed by atoms with Crippen molar-refractivity contribution < 1.29 is 19.4 Å². The first-order valence-corrected chi connectivity index (χ1v) is 13.5. The van der Waals surface area contributed by atoms with E-state index in [0.29, 0.717) is 32.4 Å². The molecule has 0 fully saturated rings. The molecule has 0 bridgehead atoms. The highest BCUT2D eigenvalue weighted by Crippen LogP contribution is 2.13. The van der Waals surface area contributed by atoms with Crippen molar-refractivity contribution in [3.8, 4) is 5.75 Å². The largest absolute Gasteiger partial charge is 0.497 e. The van der Waals surface area contributed by atoms with E-state index in [0.717, 1.165) is 48.4 Å². The lowest BCUT2D eigenvalue weighted by molar-refractivity contribution is -0.131. The quantitative estimate of drug-likeness (QED) is 0.299. The first-order valence-electron chi connectivity index (χ1n) is 13.5. The molecule has 0 heterocycles. The van der Waals surface area contributed by atoms with Crippen molar-refractivity contribution in [3.05, 3.63) is 65.2 Å². The summed E-state index contributed by atoms with van der Waals surface area (Å²) in [5.74, 6) is 0.749. The third-order valence-electron chi connectivity index (χ3n) is 6.34. The van der Waals surface area contributed by atoms with E-state index < -0.39 is 12.1 Å². The van der Waals surface area contributed by atoms with Crippen LogP contribution in [0.25, 0.3) is 0 Å². The summed E-state index contributed by atoms with van der Waals surface area (Å²) in [5.41, 5.74) is 3.26. The number of hydrogen-bond donors (Lipinski definition) is 3. The second kappa shape index (κ2) is 16.8. The third kappa shape index (κ3) is 11.4. The number of carbonyl (C=O) groups is 2. The average Bonchev–Trinajstić information content (AvgIpc) is 2.89. The number of aliphatic hydroxyl groups excluding tert-OH is 1. The number of aliphatic hydroxyl groups is 1. The monoisotopic (exact) mass is 511 g/mol. The normalized spacial score (nSPS) is 12.6. The van der Waals surface area contributed by atoms with Crippen LogP contribution in [0.1, 0.15) is 62.6 Å². The molecule has 2 aromatic carbocycles. The molecule has 3 N–H and O–H groups in total. The van der Waals surface area contributed by atoms with Gasteiger partial charge in [0.15, 0.2) is 0 Å². The van der Waals surface area contributed by atoms with Crippen LogP contribution in [0.2, 0.25) is 0 Å². The summed E-state index contributed by atoms with van der Waals surface area (Å²) in [4.78, 5) is 27.2. The molecule has 7 nitrogen and oxygen atoms in total. The average molecular weight is 512 g/mol. The molecule has 37 heavy (non-hydrogen) atoms. The predicted molar refractivity (Wildman–Crippen MR) is 149 cm³/mol. The predicted octanol–water partition coefficient (Wildman–Crippen LogP) is 4.00. The van der Waals surface area contributed by atoms with Gasteiger partial charge in [-0.15, -0.1) is 0 Å². The zero-order valence-corrected chi connectivity index (χ0v) is 23.0. The van der Waals surface area contributed by atoms with Crippen LogP contribution >= 0.6 is 0 Å². The molecular weight excluding hydrogens is 466 g/mol. The highest BCUT2D eigenvalue weighted by Gasteiger charge is 2.22. The van der Waals surface area contributed by atoms with Crippen molar-refractivity contribution in [1.29, 1.82) is 0 Å². The van der Waals surface area contributed by atoms with E-state index in [1.54, 1.807) is 7.11 Å². The Morgan fingerprint density at radius 2 is 1.70 bits per heavy atom. The van der Waals surface area contributed by atoms with Crippen molar-refractivity contribution in [2.45, 2.75) is 78.0 Å². The molecule has 0 unspecified atom stereocenters. The van der Waals surface area contributed by atoms with E-state index in [9.17, 15) is 14.7 Å². The van der Waals surface area contributed by atoms with E-state index in [1.165, 1.54) is 0 Å². The van der Waals surface area contributed by atoms with E-state index in [4.69, 9.17) is 4.74 Å². The summed E-state index contributed by atoms with van der Waals surface area (Å²) in [7, 11) is 1.64. The molecule has 0 aliphatic carbocycles. The van der Waals surface area contributed by atoms with Gasteiger partial charge in [0.05, 0.1) is 19.3 Å². The fourth-order valence-electron chi connectivity index (χ4n) is 4.29. The smallest absolute Gasteiger partial charge is 0.222 e. The molecular formula is C30H45N3O4. The number of rotatable bonds is 17. The number of benzene rings is 2. The van der Waals surface area contributed by atoms with Crippen LogP contribution in [-0.4, -0.2) is 60.7 Å². The van der Waals surface area contributed by atoms with Crippen LogP contribution in [0.4, 0.5) is 0 Å². The van der Waals surface area contributed by atoms with Crippen LogP contribution < -0.4 is 15.4 Å². The summed E-state index contributed by atoms with van der Waals surface area (Å²) in [6.45, 7) is 8.58. The number of nitrogens with one attached hydrogen (secondary N) is 2. The highest BCUT2D eigenvalue weighted by molar-refractivity contribution is 5.79. The number of hydrogen-bond acceptors (Lipinski definition) is 5. The summed E-state index contributed by atoms with van der Waals surface area (Å²) in [5, 5.41) is 17.3. The maximum atomic E-state index is 12.8. The topological polar surface area (TPSA) is 90.9 Å². The number of aryl methyl sites for hydroxylation is 1. The molecule has 0 aliphatic rings. The van der Waals surface area contributed by atoms with Crippen LogP contribution in [0.15, 0.2) is 48.5 Å². The molecule has 2 amide bonds. The van der Waals surface area contributed by atoms with Crippen molar-refractivity contribution in [2.24, 2.45) is 0 Å². The molecule has 204 valence electrons. The minimum Gasteiger partial charge on any atom is -0.497 e. The number of ether oxygens (including phenoxy) is 1. The molecule has 2 atom stereocenters. The number of methoxy groups -OCH3 is 1. The minimum absolute atomic E-state index is 0.106. The van der Waals surface area contributed by atoms with E-state index in [1.807, 2.05) is 60.4 Å². The molecule has 2 rings (SSSR count). The van der Waals surface area contributed by atoms with Gasteiger partial charge < -0.3 is 25.4 Å². The van der Waals surface area contributed by atoms with Gasteiger partial charge in [-0.1, -0.05) is 55.8 Å². The number of nitrogens with zero attached hydrogens (tertiary/aromatic N) is 1. The Kier molecular flexibility index (Phi) is 13.7. The van der Waals surface area contributed by atoms with Gasteiger partial charge in [0, 0.05) is 39.0 Å². The Bertz CT molecular complexity index is 942. The molecule has 0 aromatic heterocycles. The van der Waals surface area contributed by atoms with Crippen LogP contribution in [0, 0.1) is 6.92 Å². The van der Waals surface area contributed by atoms with Crippen molar-refractivity contribution in [2.75, 3.05) is 26.7 Å². The summed E-state index contributed by atoms with van der Waals surface area (Å²) < 4.78 is 5.27. The molecule has 0 aliphatic heterocycles. The maximum absolute atomic E-state index is 12.8. The van der Waals surface area contributed by atoms with E-state index >= 15 is 0 Å². The Balaban J connectivity index is 1.92. The van der Waals surface area contributed by atoms with Gasteiger partial charge in [0.25, 0.3) is 0 Å². The number of carbonyl (C=O) groups excluding carboxylic acids is 2. The van der Waals surface area contributed by atoms with Crippen LogP contribution in [0.3, 0.4) is 0 Å². The summed E-state index contributed by atoms with van der Waals surface area (Å²) >= 11 is 0. The van der Waals surface area contributed by atoms with Crippen molar-refractivity contribution in [1.82, 2.24) is 15.5 Å². The zero-order chi connectivity index (χ0) is 27.0. The zero-order valence-electron chi connectivity index (χ0n) is 23.0. The van der Waals surface area contributed by atoms with Crippen molar-refractivity contribution >= 4 is 11.8 Å². The van der Waals surface area contributed by atoms with Gasteiger partial charge in [0.2, 0.25) is 11.8 Å². The minimum atomic E-state index is -0.776. The Labute approximate surface area is 222 Å². The van der Waals surface area contributed by atoms with Gasteiger partial charge in [-0.25, -0.2) is 0 Å². The van der Waals surface area contributed by atoms with Crippen LogP contribution in [0.5, 0.6) is 5.75 Å². The Morgan fingerprint density at radius 1 is 1.00 bits per heavy atom. The van der Waals surface area contributed by atoms with Crippen LogP contribution in [-0.2, 0) is 22.6 Å². The fourth-order valence-corrected chi connectivity index (χ4v) is 4.29. The van der Waals surface area contributed by atoms with E-state index in [-0.39, 0.29) is 18.2 Å². The van der Waals surface area contributed by atoms with Gasteiger partial charge in [-0.05, 0) is 55.9 Å². The molecule has 0 spiro atoms. The molecule has 2 aromatic rings.